The Morgan fingerprint density at radius 1 is 1.27 bits per heavy atom. The van der Waals surface area contributed by atoms with E-state index in [4.69, 9.17) is 9.84 Å². The van der Waals surface area contributed by atoms with E-state index in [1.54, 1.807) is 0 Å². The molecule has 0 aliphatic heterocycles. The van der Waals surface area contributed by atoms with Gasteiger partial charge in [0.15, 0.2) is 0 Å². The topological polar surface area (TPSA) is 75.6 Å². The van der Waals surface area contributed by atoms with Gasteiger partial charge in [0.1, 0.15) is 0 Å². The maximum Gasteiger partial charge on any atom is 0.303 e. The molecule has 0 bridgehead atoms. The van der Waals surface area contributed by atoms with Crippen LogP contribution in [0.15, 0.2) is 0 Å². The van der Waals surface area contributed by atoms with Gasteiger partial charge in [0, 0.05) is 26.2 Å². The number of amides is 1. The van der Waals surface area contributed by atoms with Crippen LogP contribution in [0.5, 0.6) is 0 Å². The molecule has 0 aromatic heterocycles. The number of carboxylic acid groups (broad SMARTS) is 1. The molecule has 15 heavy (non-hydrogen) atoms. The van der Waals surface area contributed by atoms with Gasteiger partial charge in [-0.1, -0.05) is 6.92 Å². The predicted molar refractivity (Wildman–Crippen MR) is 55.6 cm³/mol. The standard InChI is InChI=1S/C10H19NO4/c1-2-7-15-8-3-6-11-9(12)4-5-10(13)14/h2-8H2,1H3,(H,11,12)(H,13,14). The van der Waals surface area contributed by atoms with Crippen molar-refractivity contribution >= 4 is 11.9 Å². The highest BCUT2D eigenvalue weighted by Gasteiger charge is 2.03. The number of aliphatic carboxylic acids is 1. The van der Waals surface area contributed by atoms with E-state index in [1.165, 1.54) is 0 Å². The molecule has 0 saturated heterocycles. The molecule has 0 fully saturated rings. The summed E-state index contributed by atoms with van der Waals surface area (Å²) in [4.78, 5) is 21.2. The Hall–Kier alpha value is -1.10. The van der Waals surface area contributed by atoms with Gasteiger partial charge in [-0.05, 0) is 12.8 Å². The lowest BCUT2D eigenvalue weighted by Gasteiger charge is -2.04. The molecule has 5 nitrogen and oxygen atoms in total. The molecule has 0 aromatic rings. The Morgan fingerprint density at radius 2 is 2.00 bits per heavy atom. The van der Waals surface area contributed by atoms with Crippen LogP contribution in [-0.2, 0) is 14.3 Å². The minimum atomic E-state index is -0.948. The van der Waals surface area contributed by atoms with E-state index >= 15 is 0 Å². The van der Waals surface area contributed by atoms with Crippen molar-refractivity contribution in [1.29, 1.82) is 0 Å². The predicted octanol–water partition coefficient (Wildman–Crippen LogP) is 0.784. The lowest BCUT2D eigenvalue weighted by Crippen LogP contribution is -2.25. The van der Waals surface area contributed by atoms with Crippen LogP contribution in [0.1, 0.15) is 32.6 Å². The SMILES string of the molecule is CCCOCCCNC(=O)CCC(=O)O. The molecule has 0 heterocycles. The highest BCUT2D eigenvalue weighted by molar-refractivity contribution is 5.80. The molecule has 1 amide bonds. The maximum atomic E-state index is 11.0. The van der Waals surface area contributed by atoms with Gasteiger partial charge in [-0.2, -0.15) is 0 Å². The van der Waals surface area contributed by atoms with Gasteiger partial charge in [0.25, 0.3) is 0 Å². The van der Waals surface area contributed by atoms with Gasteiger partial charge in [-0.3, -0.25) is 9.59 Å². The summed E-state index contributed by atoms with van der Waals surface area (Å²) in [5.74, 6) is -1.16. The highest BCUT2D eigenvalue weighted by Crippen LogP contribution is 1.89. The lowest BCUT2D eigenvalue weighted by atomic mass is 10.3. The van der Waals surface area contributed by atoms with Gasteiger partial charge in [-0.15, -0.1) is 0 Å². The number of carbonyl (C=O) groups excluding carboxylic acids is 1. The molecule has 0 spiro atoms. The van der Waals surface area contributed by atoms with Crippen LogP contribution >= 0.6 is 0 Å². The third-order valence-corrected chi connectivity index (χ3v) is 1.70. The number of carboxylic acids is 1. The molecular weight excluding hydrogens is 198 g/mol. The Kier molecular flexibility index (Phi) is 8.76. The molecule has 0 aliphatic rings. The molecular formula is C10H19NO4. The summed E-state index contributed by atoms with van der Waals surface area (Å²) in [6.45, 7) is 3.95. The molecule has 88 valence electrons. The first kappa shape index (κ1) is 13.9. The van der Waals surface area contributed by atoms with Gasteiger partial charge in [0.2, 0.25) is 5.91 Å². The third-order valence-electron chi connectivity index (χ3n) is 1.70. The molecule has 0 radical (unpaired) electrons. The Labute approximate surface area is 89.8 Å². The summed E-state index contributed by atoms with van der Waals surface area (Å²) in [6, 6.07) is 0. The van der Waals surface area contributed by atoms with E-state index in [-0.39, 0.29) is 18.7 Å². The second-order valence-electron chi connectivity index (χ2n) is 3.21. The summed E-state index contributed by atoms with van der Waals surface area (Å²) in [7, 11) is 0. The van der Waals surface area contributed by atoms with Crippen molar-refractivity contribution in [2.75, 3.05) is 19.8 Å². The average molecular weight is 217 g/mol. The molecule has 0 aliphatic carbocycles. The van der Waals surface area contributed by atoms with E-state index in [2.05, 4.69) is 5.32 Å². The smallest absolute Gasteiger partial charge is 0.303 e. The monoisotopic (exact) mass is 217 g/mol. The zero-order valence-corrected chi connectivity index (χ0v) is 9.12. The van der Waals surface area contributed by atoms with Crippen molar-refractivity contribution < 1.29 is 19.4 Å². The van der Waals surface area contributed by atoms with Crippen molar-refractivity contribution in [3.63, 3.8) is 0 Å². The van der Waals surface area contributed by atoms with Gasteiger partial charge in [-0.25, -0.2) is 0 Å². The Bertz CT molecular complexity index is 194. The zero-order chi connectivity index (χ0) is 11.5. The second-order valence-corrected chi connectivity index (χ2v) is 3.21. The van der Waals surface area contributed by atoms with Crippen LogP contribution < -0.4 is 5.32 Å². The van der Waals surface area contributed by atoms with Crippen LogP contribution in [0.3, 0.4) is 0 Å². The zero-order valence-electron chi connectivity index (χ0n) is 9.12. The fourth-order valence-corrected chi connectivity index (χ4v) is 0.957. The molecule has 0 atom stereocenters. The van der Waals surface area contributed by atoms with Crippen molar-refractivity contribution in [3.05, 3.63) is 0 Å². The van der Waals surface area contributed by atoms with E-state index in [0.29, 0.717) is 13.2 Å². The first-order valence-electron chi connectivity index (χ1n) is 5.23. The average Bonchev–Trinajstić information content (AvgIpc) is 2.20. The van der Waals surface area contributed by atoms with Crippen molar-refractivity contribution in [3.8, 4) is 0 Å². The van der Waals surface area contributed by atoms with E-state index in [9.17, 15) is 9.59 Å². The largest absolute Gasteiger partial charge is 0.481 e. The third kappa shape index (κ3) is 10.8. The molecule has 0 unspecified atom stereocenters. The summed E-state index contributed by atoms with van der Waals surface area (Å²) >= 11 is 0. The number of ether oxygens (including phenoxy) is 1. The molecule has 5 heteroatoms. The summed E-state index contributed by atoms with van der Waals surface area (Å²) in [5.41, 5.74) is 0. The second kappa shape index (κ2) is 9.45. The van der Waals surface area contributed by atoms with Crippen LogP contribution in [0.4, 0.5) is 0 Å². The van der Waals surface area contributed by atoms with Crippen LogP contribution in [0, 0.1) is 0 Å². The summed E-state index contributed by atoms with van der Waals surface area (Å²) < 4.78 is 5.22. The number of carbonyl (C=O) groups is 2. The molecule has 0 aromatic carbocycles. The Morgan fingerprint density at radius 3 is 2.60 bits per heavy atom. The quantitative estimate of drug-likeness (QED) is 0.560. The van der Waals surface area contributed by atoms with Gasteiger partial charge in [0.05, 0.1) is 6.42 Å². The number of hydrogen-bond donors (Lipinski definition) is 2. The maximum absolute atomic E-state index is 11.0. The molecule has 2 N–H and O–H groups in total. The first-order valence-corrected chi connectivity index (χ1v) is 5.23. The highest BCUT2D eigenvalue weighted by atomic mass is 16.5. The van der Waals surface area contributed by atoms with E-state index < -0.39 is 5.97 Å². The normalized spacial score (nSPS) is 9.93. The molecule has 0 rings (SSSR count). The summed E-state index contributed by atoms with van der Waals surface area (Å²) in [5, 5.41) is 11.0. The fraction of sp³-hybridized carbons (Fsp3) is 0.800. The fourth-order valence-electron chi connectivity index (χ4n) is 0.957. The molecule has 0 saturated carbocycles. The minimum absolute atomic E-state index is 0.0468. The number of nitrogens with one attached hydrogen (secondary N) is 1. The minimum Gasteiger partial charge on any atom is -0.481 e. The van der Waals surface area contributed by atoms with Crippen LogP contribution in [0.2, 0.25) is 0 Å². The van der Waals surface area contributed by atoms with Crippen molar-refractivity contribution in [2.24, 2.45) is 0 Å². The van der Waals surface area contributed by atoms with Crippen molar-refractivity contribution in [2.45, 2.75) is 32.6 Å². The number of hydrogen-bond acceptors (Lipinski definition) is 3. The number of rotatable bonds is 9. The van der Waals surface area contributed by atoms with Gasteiger partial charge < -0.3 is 15.2 Å². The van der Waals surface area contributed by atoms with Crippen LogP contribution in [-0.4, -0.2) is 36.7 Å². The van der Waals surface area contributed by atoms with Crippen molar-refractivity contribution in [1.82, 2.24) is 5.32 Å². The summed E-state index contributed by atoms with van der Waals surface area (Å²) in [6.07, 6.45) is 1.69. The van der Waals surface area contributed by atoms with E-state index in [1.807, 2.05) is 6.92 Å². The van der Waals surface area contributed by atoms with Gasteiger partial charge >= 0.3 is 5.97 Å². The first-order chi connectivity index (χ1) is 7.16. The lowest BCUT2D eigenvalue weighted by molar-refractivity contribution is -0.138. The Balaban J connectivity index is 3.20. The van der Waals surface area contributed by atoms with E-state index in [0.717, 1.165) is 19.4 Å². The van der Waals surface area contributed by atoms with Crippen LogP contribution in [0.25, 0.3) is 0 Å².